The number of carbonyl (C=O) groups is 3. The van der Waals surface area contributed by atoms with Gasteiger partial charge >= 0.3 is 0 Å². The van der Waals surface area contributed by atoms with Gasteiger partial charge in [-0.25, -0.2) is 0 Å². The highest BCUT2D eigenvalue weighted by Crippen LogP contribution is 2.21. The Morgan fingerprint density at radius 1 is 0.966 bits per heavy atom. The van der Waals surface area contributed by atoms with E-state index in [1.165, 1.54) is 11.8 Å². The van der Waals surface area contributed by atoms with E-state index in [4.69, 9.17) is 5.73 Å². The molecule has 0 aliphatic carbocycles. The van der Waals surface area contributed by atoms with Gasteiger partial charge in [0.25, 0.3) is 0 Å². The van der Waals surface area contributed by atoms with Crippen molar-refractivity contribution in [2.75, 3.05) is 18.8 Å². The first-order chi connectivity index (χ1) is 14.0. The highest BCUT2D eigenvalue weighted by atomic mass is 32.2. The van der Waals surface area contributed by atoms with Crippen LogP contribution in [-0.4, -0.2) is 41.5 Å². The lowest BCUT2D eigenvalue weighted by Crippen LogP contribution is -2.45. The molecule has 1 saturated heterocycles. The molecule has 2 aromatic rings. The number of hydrogen-bond acceptors (Lipinski definition) is 4. The van der Waals surface area contributed by atoms with E-state index >= 15 is 0 Å². The number of nitrogens with two attached hydrogens (primary N) is 1. The zero-order valence-electron chi connectivity index (χ0n) is 16.2. The first kappa shape index (κ1) is 20.9. The molecular weight excluding hydrogens is 386 g/mol. The van der Waals surface area contributed by atoms with Crippen molar-refractivity contribution in [3.05, 3.63) is 65.7 Å². The molecule has 0 aromatic heterocycles. The highest BCUT2D eigenvalue weighted by molar-refractivity contribution is 8.00. The number of primary amides is 1. The van der Waals surface area contributed by atoms with Crippen LogP contribution in [0.5, 0.6) is 0 Å². The van der Waals surface area contributed by atoms with Gasteiger partial charge in [0.2, 0.25) is 17.7 Å². The molecule has 0 bridgehead atoms. The number of nitrogens with one attached hydrogen (secondary N) is 1. The van der Waals surface area contributed by atoms with E-state index in [0.29, 0.717) is 5.56 Å². The number of thioether (sulfide) groups is 1. The lowest BCUT2D eigenvalue weighted by Gasteiger charge is -2.31. The Hall–Kier alpha value is -2.80. The molecule has 1 heterocycles. The maximum Gasteiger partial charge on any atom is 0.249 e. The smallest absolute Gasteiger partial charge is 0.249 e. The SMILES string of the molecule is NC(=O)c1ccc(SCC(=O)NC(C(=O)N2CCCCC2)c2ccccc2)cc1. The Kier molecular flexibility index (Phi) is 7.30. The molecule has 1 fully saturated rings. The van der Waals surface area contributed by atoms with Crippen LogP contribution in [0.2, 0.25) is 0 Å². The number of amides is 3. The van der Waals surface area contributed by atoms with Gasteiger partial charge in [-0.3, -0.25) is 14.4 Å². The van der Waals surface area contributed by atoms with Crippen LogP contribution in [0, 0.1) is 0 Å². The predicted molar refractivity (Wildman–Crippen MR) is 113 cm³/mol. The molecule has 3 N–H and O–H groups in total. The van der Waals surface area contributed by atoms with Crippen LogP contribution in [0.4, 0.5) is 0 Å². The Morgan fingerprint density at radius 3 is 2.24 bits per heavy atom. The summed E-state index contributed by atoms with van der Waals surface area (Å²) in [4.78, 5) is 39.5. The largest absolute Gasteiger partial charge is 0.366 e. The van der Waals surface area contributed by atoms with Gasteiger partial charge in [-0.2, -0.15) is 0 Å². The van der Waals surface area contributed by atoms with Crippen molar-refractivity contribution >= 4 is 29.5 Å². The molecule has 3 rings (SSSR count). The molecule has 0 radical (unpaired) electrons. The molecule has 1 unspecified atom stereocenters. The maximum absolute atomic E-state index is 13.1. The Balaban J connectivity index is 1.64. The molecule has 1 aliphatic heterocycles. The summed E-state index contributed by atoms with van der Waals surface area (Å²) >= 11 is 1.34. The number of nitrogens with zero attached hydrogens (tertiary/aromatic N) is 1. The van der Waals surface area contributed by atoms with Gasteiger partial charge in [-0.15, -0.1) is 11.8 Å². The fourth-order valence-electron chi connectivity index (χ4n) is 3.30. The van der Waals surface area contributed by atoms with Crippen LogP contribution in [0.25, 0.3) is 0 Å². The van der Waals surface area contributed by atoms with Gasteiger partial charge in [-0.05, 0) is 49.1 Å². The third-order valence-electron chi connectivity index (χ3n) is 4.86. The maximum atomic E-state index is 13.1. The molecule has 152 valence electrons. The lowest BCUT2D eigenvalue weighted by atomic mass is 10.0. The van der Waals surface area contributed by atoms with E-state index in [9.17, 15) is 14.4 Å². The topological polar surface area (TPSA) is 92.5 Å². The van der Waals surface area contributed by atoms with E-state index in [1.807, 2.05) is 35.2 Å². The Labute approximate surface area is 174 Å². The Morgan fingerprint density at radius 2 is 1.62 bits per heavy atom. The zero-order chi connectivity index (χ0) is 20.6. The van der Waals surface area contributed by atoms with Gasteiger partial charge in [-0.1, -0.05) is 30.3 Å². The molecule has 1 aliphatic rings. The summed E-state index contributed by atoms with van der Waals surface area (Å²) < 4.78 is 0. The summed E-state index contributed by atoms with van der Waals surface area (Å²) in [5.41, 5.74) is 6.45. The minimum absolute atomic E-state index is 0.0555. The van der Waals surface area contributed by atoms with Gasteiger partial charge in [0.05, 0.1) is 5.75 Å². The minimum Gasteiger partial charge on any atom is -0.366 e. The number of rotatable bonds is 7. The van der Waals surface area contributed by atoms with E-state index in [0.717, 1.165) is 42.8 Å². The third kappa shape index (κ3) is 5.84. The molecule has 0 spiro atoms. The summed E-state index contributed by atoms with van der Waals surface area (Å²) in [5, 5.41) is 2.91. The van der Waals surface area contributed by atoms with Crippen molar-refractivity contribution in [1.29, 1.82) is 0 Å². The van der Waals surface area contributed by atoms with Crippen molar-refractivity contribution in [2.45, 2.75) is 30.2 Å². The minimum atomic E-state index is -0.681. The van der Waals surface area contributed by atoms with Crippen LogP contribution in [0.15, 0.2) is 59.5 Å². The average Bonchev–Trinajstić information content (AvgIpc) is 2.77. The van der Waals surface area contributed by atoms with Gasteiger partial charge in [0.15, 0.2) is 0 Å². The molecule has 3 amide bonds. The summed E-state index contributed by atoms with van der Waals surface area (Å²) in [6.45, 7) is 1.47. The van der Waals surface area contributed by atoms with E-state index in [-0.39, 0.29) is 17.6 Å². The van der Waals surface area contributed by atoms with E-state index in [2.05, 4.69) is 5.32 Å². The summed E-state index contributed by atoms with van der Waals surface area (Å²) in [5.74, 6) is -0.582. The number of hydrogen-bond donors (Lipinski definition) is 2. The fourth-order valence-corrected chi connectivity index (χ4v) is 4.01. The second kappa shape index (κ2) is 10.1. The molecular formula is C22H25N3O3S. The number of benzene rings is 2. The molecule has 7 heteroatoms. The Bertz CT molecular complexity index is 849. The van der Waals surface area contributed by atoms with Crippen LogP contribution in [-0.2, 0) is 9.59 Å². The van der Waals surface area contributed by atoms with Gasteiger partial charge < -0.3 is 16.0 Å². The van der Waals surface area contributed by atoms with Crippen LogP contribution in [0.3, 0.4) is 0 Å². The van der Waals surface area contributed by atoms with Gasteiger partial charge in [0.1, 0.15) is 6.04 Å². The summed E-state index contributed by atoms with van der Waals surface area (Å²) in [6, 6.07) is 15.5. The van der Waals surface area contributed by atoms with E-state index < -0.39 is 11.9 Å². The number of piperidine rings is 1. The quantitative estimate of drug-likeness (QED) is 0.685. The molecule has 0 saturated carbocycles. The second-order valence-corrected chi connectivity index (χ2v) is 8.02. The van der Waals surface area contributed by atoms with Crippen LogP contribution < -0.4 is 11.1 Å². The monoisotopic (exact) mass is 411 g/mol. The fraction of sp³-hybridized carbons (Fsp3) is 0.318. The first-order valence-corrected chi connectivity index (χ1v) is 10.7. The first-order valence-electron chi connectivity index (χ1n) is 9.70. The van der Waals surface area contributed by atoms with Crippen molar-refractivity contribution in [1.82, 2.24) is 10.2 Å². The number of carbonyl (C=O) groups excluding carboxylic acids is 3. The molecule has 1 atom stereocenters. The molecule has 6 nitrogen and oxygen atoms in total. The van der Waals surface area contributed by atoms with Crippen LogP contribution in [0.1, 0.15) is 41.2 Å². The molecule has 2 aromatic carbocycles. The second-order valence-electron chi connectivity index (χ2n) is 6.97. The zero-order valence-corrected chi connectivity index (χ0v) is 17.0. The van der Waals surface area contributed by atoms with Crippen molar-refractivity contribution in [3.63, 3.8) is 0 Å². The lowest BCUT2D eigenvalue weighted by molar-refractivity contribution is -0.137. The normalized spacial score (nSPS) is 14.8. The summed E-state index contributed by atoms with van der Waals surface area (Å²) in [6.07, 6.45) is 3.13. The van der Waals surface area contributed by atoms with Crippen molar-refractivity contribution in [3.8, 4) is 0 Å². The highest BCUT2D eigenvalue weighted by Gasteiger charge is 2.28. The molecule has 29 heavy (non-hydrogen) atoms. The third-order valence-corrected chi connectivity index (χ3v) is 5.87. The standard InChI is InChI=1S/C22H25N3O3S/c23-21(27)17-9-11-18(12-10-17)29-15-19(26)24-20(16-7-3-1-4-8-16)22(28)25-13-5-2-6-14-25/h1,3-4,7-12,20H,2,5-6,13-15H2,(H2,23,27)(H,24,26). The van der Waals surface area contributed by atoms with Gasteiger partial charge in [0, 0.05) is 23.5 Å². The average molecular weight is 412 g/mol. The van der Waals surface area contributed by atoms with Crippen molar-refractivity contribution in [2.24, 2.45) is 5.73 Å². The predicted octanol–water partition coefficient (Wildman–Crippen LogP) is 2.75. The van der Waals surface area contributed by atoms with Crippen LogP contribution >= 0.6 is 11.8 Å². The van der Waals surface area contributed by atoms with E-state index in [1.54, 1.807) is 24.3 Å². The van der Waals surface area contributed by atoms with Crippen molar-refractivity contribution < 1.29 is 14.4 Å². The number of likely N-dealkylation sites (tertiary alicyclic amines) is 1. The summed E-state index contributed by atoms with van der Waals surface area (Å²) in [7, 11) is 0.